The summed E-state index contributed by atoms with van der Waals surface area (Å²) in [5, 5.41) is 3.64. The lowest BCUT2D eigenvalue weighted by molar-refractivity contribution is 0.353. The fourth-order valence-electron chi connectivity index (χ4n) is 2.33. The Morgan fingerprint density at radius 1 is 0.941 bits per heavy atom. The summed E-state index contributed by atoms with van der Waals surface area (Å²) in [7, 11) is 0. The first-order valence-electron chi connectivity index (χ1n) is 7.02. The molecule has 0 bridgehead atoms. The summed E-state index contributed by atoms with van der Waals surface area (Å²) in [6.07, 6.45) is 3.65. The molecule has 1 rings (SSSR count). The van der Waals surface area contributed by atoms with E-state index in [1.54, 1.807) is 0 Å². The van der Waals surface area contributed by atoms with E-state index in [-0.39, 0.29) is 0 Å². The topological polar surface area (TPSA) is 12.0 Å². The Balaban J connectivity index is 2.43. The molecule has 1 N–H and O–H groups in total. The third-order valence-corrected chi connectivity index (χ3v) is 3.82. The molecule has 0 saturated carbocycles. The van der Waals surface area contributed by atoms with Crippen molar-refractivity contribution in [3.05, 3.63) is 35.4 Å². The summed E-state index contributed by atoms with van der Waals surface area (Å²) in [5.74, 6) is 0.796. The van der Waals surface area contributed by atoms with Crippen molar-refractivity contribution in [1.82, 2.24) is 5.32 Å². The molecule has 0 radical (unpaired) electrons. The van der Waals surface area contributed by atoms with Gasteiger partial charge in [-0.15, -0.1) is 0 Å². The molecule has 1 heteroatoms. The molecule has 0 saturated heterocycles. The Morgan fingerprint density at radius 3 is 1.94 bits per heavy atom. The number of rotatable bonds is 7. The lowest BCUT2D eigenvalue weighted by atomic mass is 9.95. The molecule has 1 atom stereocenters. The Hall–Kier alpha value is -0.820. The Morgan fingerprint density at radius 2 is 1.47 bits per heavy atom. The molecule has 1 aromatic carbocycles. The summed E-state index contributed by atoms with van der Waals surface area (Å²) >= 11 is 0. The van der Waals surface area contributed by atoms with Crippen LogP contribution in [0.4, 0.5) is 0 Å². The molecule has 0 aromatic heterocycles. The van der Waals surface area contributed by atoms with Gasteiger partial charge in [-0.25, -0.2) is 0 Å². The molecule has 1 aromatic rings. The Bertz CT molecular complexity index is 298. The van der Waals surface area contributed by atoms with E-state index in [2.05, 4.69) is 57.3 Å². The van der Waals surface area contributed by atoms with Crippen LogP contribution in [0.1, 0.15) is 51.7 Å². The minimum atomic E-state index is 0.607. The van der Waals surface area contributed by atoms with Crippen LogP contribution in [0.25, 0.3) is 0 Å². The first-order chi connectivity index (χ1) is 8.21. The molecule has 1 nitrogen and oxygen atoms in total. The summed E-state index contributed by atoms with van der Waals surface area (Å²) in [4.78, 5) is 0. The van der Waals surface area contributed by atoms with Crippen LogP contribution in [0.2, 0.25) is 0 Å². The van der Waals surface area contributed by atoms with Gasteiger partial charge in [0.25, 0.3) is 0 Å². The second kappa shape index (κ2) is 7.50. The quantitative estimate of drug-likeness (QED) is 0.745. The predicted molar refractivity (Wildman–Crippen MR) is 76.2 cm³/mol. The van der Waals surface area contributed by atoms with Crippen LogP contribution in [0.15, 0.2) is 24.3 Å². The fraction of sp³-hybridized carbons (Fsp3) is 0.625. The molecule has 1 unspecified atom stereocenters. The van der Waals surface area contributed by atoms with Crippen molar-refractivity contribution < 1.29 is 0 Å². The summed E-state index contributed by atoms with van der Waals surface area (Å²) in [6, 6.07) is 9.56. The molecular weight excluding hydrogens is 206 g/mol. The van der Waals surface area contributed by atoms with Crippen LogP contribution < -0.4 is 5.32 Å². The Kier molecular flexibility index (Phi) is 6.28. The van der Waals surface area contributed by atoms with Crippen LogP contribution >= 0.6 is 0 Å². The Labute approximate surface area is 107 Å². The van der Waals surface area contributed by atoms with Crippen LogP contribution in [0, 0.1) is 5.92 Å². The first kappa shape index (κ1) is 14.2. The van der Waals surface area contributed by atoms with Gasteiger partial charge in [-0.2, -0.15) is 0 Å². The second-order valence-electron chi connectivity index (χ2n) is 4.92. The van der Waals surface area contributed by atoms with Crippen molar-refractivity contribution >= 4 is 0 Å². The SMILES string of the molecule is CCc1ccc(CNC(C)C(CC)CC)cc1. The summed E-state index contributed by atoms with van der Waals surface area (Å²) in [5.41, 5.74) is 2.81. The monoisotopic (exact) mass is 233 g/mol. The molecule has 0 heterocycles. The molecule has 0 aliphatic rings. The fourth-order valence-corrected chi connectivity index (χ4v) is 2.33. The van der Waals surface area contributed by atoms with Gasteiger partial charge in [-0.1, -0.05) is 57.9 Å². The maximum atomic E-state index is 3.64. The smallest absolute Gasteiger partial charge is 0.0208 e. The van der Waals surface area contributed by atoms with Crippen LogP contribution in [0.5, 0.6) is 0 Å². The van der Waals surface area contributed by atoms with Crippen molar-refractivity contribution in [2.24, 2.45) is 5.92 Å². The highest BCUT2D eigenvalue weighted by Gasteiger charge is 2.12. The lowest BCUT2D eigenvalue weighted by Crippen LogP contribution is -2.32. The van der Waals surface area contributed by atoms with Crippen LogP contribution in [0.3, 0.4) is 0 Å². The van der Waals surface area contributed by atoms with E-state index in [4.69, 9.17) is 0 Å². The molecule has 0 fully saturated rings. The predicted octanol–water partition coefficient (Wildman–Crippen LogP) is 4.16. The molecule has 17 heavy (non-hydrogen) atoms. The van der Waals surface area contributed by atoms with Crippen LogP contribution in [-0.2, 0) is 13.0 Å². The van der Waals surface area contributed by atoms with Crippen molar-refractivity contribution in [2.45, 2.75) is 59.5 Å². The van der Waals surface area contributed by atoms with Gasteiger partial charge in [0.05, 0.1) is 0 Å². The minimum absolute atomic E-state index is 0.607. The van der Waals surface area contributed by atoms with E-state index in [1.165, 1.54) is 24.0 Å². The summed E-state index contributed by atoms with van der Waals surface area (Å²) in [6.45, 7) is 10.0. The van der Waals surface area contributed by atoms with Crippen molar-refractivity contribution in [3.63, 3.8) is 0 Å². The largest absolute Gasteiger partial charge is 0.310 e. The normalized spacial score (nSPS) is 13.0. The lowest BCUT2D eigenvalue weighted by Gasteiger charge is -2.22. The van der Waals surface area contributed by atoms with Gasteiger partial charge in [-0.05, 0) is 30.4 Å². The average molecular weight is 233 g/mol. The van der Waals surface area contributed by atoms with Crippen molar-refractivity contribution in [2.75, 3.05) is 0 Å². The summed E-state index contributed by atoms with van der Waals surface area (Å²) < 4.78 is 0. The van der Waals surface area contributed by atoms with Gasteiger partial charge < -0.3 is 5.32 Å². The maximum absolute atomic E-state index is 3.64. The molecule has 0 amide bonds. The number of aryl methyl sites for hydroxylation is 1. The van der Waals surface area contributed by atoms with Crippen molar-refractivity contribution in [3.8, 4) is 0 Å². The van der Waals surface area contributed by atoms with E-state index >= 15 is 0 Å². The average Bonchev–Trinajstić information content (AvgIpc) is 2.38. The van der Waals surface area contributed by atoms with Gasteiger partial charge in [0.15, 0.2) is 0 Å². The van der Waals surface area contributed by atoms with Gasteiger partial charge in [0.1, 0.15) is 0 Å². The zero-order valence-electron chi connectivity index (χ0n) is 11.8. The zero-order valence-corrected chi connectivity index (χ0v) is 11.8. The second-order valence-corrected chi connectivity index (χ2v) is 4.92. The van der Waals surface area contributed by atoms with Gasteiger partial charge >= 0.3 is 0 Å². The first-order valence-corrected chi connectivity index (χ1v) is 7.02. The van der Waals surface area contributed by atoms with Gasteiger partial charge in [0, 0.05) is 12.6 Å². The van der Waals surface area contributed by atoms with E-state index in [9.17, 15) is 0 Å². The van der Waals surface area contributed by atoms with E-state index < -0.39 is 0 Å². The zero-order chi connectivity index (χ0) is 12.7. The molecule has 0 spiro atoms. The number of benzene rings is 1. The molecule has 0 aliphatic heterocycles. The highest BCUT2D eigenvalue weighted by atomic mass is 14.9. The van der Waals surface area contributed by atoms with E-state index in [1.807, 2.05) is 0 Å². The molecule has 96 valence electrons. The molecule has 0 aliphatic carbocycles. The third-order valence-electron chi connectivity index (χ3n) is 3.82. The van der Waals surface area contributed by atoms with E-state index in [0.29, 0.717) is 6.04 Å². The molecular formula is C16H27N. The highest BCUT2D eigenvalue weighted by Crippen LogP contribution is 2.13. The van der Waals surface area contributed by atoms with E-state index in [0.717, 1.165) is 18.9 Å². The minimum Gasteiger partial charge on any atom is -0.310 e. The van der Waals surface area contributed by atoms with Crippen molar-refractivity contribution in [1.29, 1.82) is 0 Å². The maximum Gasteiger partial charge on any atom is 0.0208 e. The van der Waals surface area contributed by atoms with Crippen LogP contribution in [-0.4, -0.2) is 6.04 Å². The third kappa shape index (κ3) is 4.51. The highest BCUT2D eigenvalue weighted by molar-refractivity contribution is 5.22. The number of hydrogen-bond acceptors (Lipinski definition) is 1. The van der Waals surface area contributed by atoms with Gasteiger partial charge in [0.2, 0.25) is 0 Å². The standard InChI is InChI=1S/C16H27N/c1-5-14-8-10-15(11-9-14)12-17-13(4)16(6-2)7-3/h8-11,13,16-17H,5-7,12H2,1-4H3. The number of nitrogens with one attached hydrogen (secondary N) is 1. The number of hydrogen-bond donors (Lipinski definition) is 1. The van der Waals surface area contributed by atoms with Gasteiger partial charge in [-0.3, -0.25) is 0 Å².